The summed E-state index contributed by atoms with van der Waals surface area (Å²) in [5, 5.41) is 0.688. The largest absolute Gasteiger partial charge is 0.497 e. The second kappa shape index (κ2) is 12.6. The lowest BCUT2D eigenvalue weighted by Crippen LogP contribution is -2.68. The van der Waals surface area contributed by atoms with Crippen LogP contribution in [0.25, 0.3) is 0 Å². The molecule has 0 bridgehead atoms. The highest BCUT2D eigenvalue weighted by atomic mass is 32.2. The Kier molecular flexibility index (Phi) is 9.80. The highest BCUT2D eigenvalue weighted by molar-refractivity contribution is 7.86. The summed E-state index contributed by atoms with van der Waals surface area (Å²) in [5.41, 5.74) is 1.67. The molecule has 37 heavy (non-hydrogen) atoms. The van der Waals surface area contributed by atoms with Crippen molar-refractivity contribution in [2.24, 2.45) is 5.92 Å². The Hall–Kier alpha value is -2.83. The van der Waals surface area contributed by atoms with Gasteiger partial charge in [0.15, 0.2) is 6.79 Å². The molecule has 0 spiro atoms. The highest BCUT2D eigenvalue weighted by Gasteiger charge is 2.52. The second-order valence-electron chi connectivity index (χ2n) is 9.19. The minimum atomic E-state index is -3.94. The molecular weight excluding hydrogens is 500 g/mol. The topological polar surface area (TPSA) is 112 Å². The number of rotatable bonds is 12. The molecule has 0 aromatic heterocycles. The number of hydrogen-bond acceptors (Lipinski definition) is 9. The monoisotopic (exact) mass is 534 g/mol. The van der Waals surface area contributed by atoms with Crippen LogP contribution in [0.3, 0.4) is 0 Å². The zero-order chi connectivity index (χ0) is 27.2. The van der Waals surface area contributed by atoms with Crippen LogP contribution < -0.4 is 4.74 Å². The molecule has 2 aromatic rings. The van der Waals surface area contributed by atoms with Crippen LogP contribution in [-0.4, -0.2) is 75.7 Å². The van der Waals surface area contributed by atoms with Crippen LogP contribution in [0.4, 0.5) is 0 Å². The first-order valence-electron chi connectivity index (χ1n) is 11.9. The molecule has 1 aliphatic heterocycles. The van der Waals surface area contributed by atoms with Crippen LogP contribution in [-0.2, 0) is 46.4 Å². The Morgan fingerprint density at radius 3 is 2.11 bits per heavy atom. The maximum Gasteiger partial charge on any atom is 0.273 e. The third-order valence-corrected chi connectivity index (χ3v) is 6.62. The van der Waals surface area contributed by atoms with Crippen LogP contribution >= 0.6 is 0 Å². The van der Waals surface area contributed by atoms with Gasteiger partial charge in [0, 0.05) is 13.7 Å². The number of ether oxygens (including phenoxy) is 2. The first kappa shape index (κ1) is 28.7. The second-order valence-corrected chi connectivity index (χ2v) is 10.8. The molecule has 0 aliphatic carbocycles. The van der Waals surface area contributed by atoms with E-state index in [1.54, 1.807) is 38.0 Å². The smallest absolute Gasteiger partial charge is 0.273 e. The third-order valence-electron chi connectivity index (χ3n) is 6.05. The van der Waals surface area contributed by atoms with E-state index in [-0.39, 0.29) is 19.8 Å². The van der Waals surface area contributed by atoms with Gasteiger partial charge in [0.1, 0.15) is 17.9 Å². The van der Waals surface area contributed by atoms with Crippen molar-refractivity contribution in [2.75, 3.05) is 27.3 Å². The van der Waals surface area contributed by atoms with E-state index in [9.17, 15) is 18.0 Å². The van der Waals surface area contributed by atoms with Crippen molar-refractivity contribution in [3.05, 3.63) is 65.7 Å². The number of benzene rings is 2. The van der Waals surface area contributed by atoms with Crippen molar-refractivity contribution < 1.29 is 36.5 Å². The molecule has 3 rings (SSSR count). The number of carbonyl (C=O) groups is 2. The number of hydrogen-bond donors (Lipinski definition) is 0. The fourth-order valence-electron chi connectivity index (χ4n) is 4.33. The van der Waals surface area contributed by atoms with Crippen molar-refractivity contribution in [1.82, 2.24) is 9.96 Å². The molecule has 0 radical (unpaired) electrons. The van der Waals surface area contributed by atoms with Gasteiger partial charge in [-0.3, -0.25) is 18.7 Å². The summed E-state index contributed by atoms with van der Waals surface area (Å²) in [7, 11) is -1.000. The summed E-state index contributed by atoms with van der Waals surface area (Å²) in [4.78, 5) is 34.6. The number of piperazine rings is 1. The van der Waals surface area contributed by atoms with Crippen molar-refractivity contribution in [1.29, 1.82) is 0 Å². The van der Waals surface area contributed by atoms with E-state index in [0.717, 1.165) is 17.4 Å². The molecule has 0 unspecified atom stereocenters. The summed E-state index contributed by atoms with van der Waals surface area (Å²) in [6.45, 7) is 3.37. The van der Waals surface area contributed by atoms with E-state index in [2.05, 4.69) is 0 Å². The van der Waals surface area contributed by atoms with E-state index in [1.807, 2.05) is 42.5 Å². The lowest BCUT2D eigenvalue weighted by atomic mass is 9.91. The average molecular weight is 535 g/mol. The summed E-state index contributed by atoms with van der Waals surface area (Å²) in [6, 6.07) is 14.6. The van der Waals surface area contributed by atoms with Crippen LogP contribution in [0.2, 0.25) is 0 Å². The highest BCUT2D eigenvalue weighted by Crippen LogP contribution is 2.31. The molecule has 1 heterocycles. The molecule has 0 N–H and O–H groups in total. The minimum Gasteiger partial charge on any atom is -0.497 e. The summed E-state index contributed by atoms with van der Waals surface area (Å²) in [6.07, 6.45) is 0.117. The molecule has 11 heteroatoms. The first-order valence-corrected chi connectivity index (χ1v) is 13.7. The molecule has 202 valence electrons. The predicted octanol–water partition coefficient (Wildman–Crippen LogP) is 2.38. The zero-order valence-corrected chi connectivity index (χ0v) is 22.5. The van der Waals surface area contributed by atoms with Gasteiger partial charge < -0.3 is 9.47 Å². The molecule has 1 aliphatic rings. The van der Waals surface area contributed by atoms with Crippen LogP contribution in [0, 0.1) is 5.92 Å². The number of methoxy groups -OCH3 is 2. The van der Waals surface area contributed by atoms with Crippen LogP contribution in [0.1, 0.15) is 25.0 Å². The molecule has 10 nitrogen and oxygen atoms in total. The van der Waals surface area contributed by atoms with Gasteiger partial charge >= 0.3 is 0 Å². The normalized spacial score (nSPS) is 19.9. The number of amides is 2. The van der Waals surface area contributed by atoms with Crippen molar-refractivity contribution in [3.8, 4) is 5.75 Å². The SMILES string of the molecule is COCON1C(=O)[C@H]([C@H](OS(C)(=O)=O)C(C)C)N(Cc2ccc(OC)cc2)[C@@H](Cc2ccccc2)C1=O. The molecule has 2 amide bonds. The molecule has 3 atom stereocenters. The van der Waals surface area contributed by atoms with Crippen molar-refractivity contribution >= 4 is 21.9 Å². The maximum absolute atomic E-state index is 13.8. The van der Waals surface area contributed by atoms with Gasteiger partial charge in [0.2, 0.25) is 0 Å². The Bertz CT molecular complexity index is 1150. The quantitative estimate of drug-likeness (QED) is 0.230. The van der Waals surface area contributed by atoms with Gasteiger partial charge in [0.05, 0.1) is 19.4 Å². The minimum absolute atomic E-state index is 0.179. The van der Waals surface area contributed by atoms with E-state index in [4.69, 9.17) is 18.5 Å². The number of imide groups is 1. The van der Waals surface area contributed by atoms with Crippen molar-refractivity contribution in [3.63, 3.8) is 0 Å². The molecule has 0 saturated carbocycles. The third kappa shape index (κ3) is 7.36. The zero-order valence-electron chi connectivity index (χ0n) is 21.7. The van der Waals surface area contributed by atoms with Gasteiger partial charge in [-0.1, -0.05) is 56.3 Å². The Morgan fingerprint density at radius 1 is 0.919 bits per heavy atom. The summed E-state index contributed by atoms with van der Waals surface area (Å²) < 4.78 is 40.1. The Balaban J connectivity index is 2.13. The van der Waals surface area contributed by atoms with E-state index in [1.165, 1.54) is 7.11 Å². The molecule has 1 fully saturated rings. The number of carbonyl (C=O) groups excluding carboxylic acids is 2. The predicted molar refractivity (Wildman–Crippen MR) is 136 cm³/mol. The maximum atomic E-state index is 13.8. The first-order chi connectivity index (χ1) is 17.6. The average Bonchev–Trinajstić information content (AvgIpc) is 2.86. The molecule has 2 aromatic carbocycles. The van der Waals surface area contributed by atoms with E-state index >= 15 is 0 Å². The van der Waals surface area contributed by atoms with E-state index in [0.29, 0.717) is 10.8 Å². The molecule has 1 saturated heterocycles. The summed E-state index contributed by atoms with van der Waals surface area (Å²) in [5.74, 6) is -1.02. The van der Waals surface area contributed by atoms with Gasteiger partial charge in [-0.15, -0.1) is 5.06 Å². The Labute approximate surface area is 218 Å². The van der Waals surface area contributed by atoms with E-state index < -0.39 is 46.0 Å². The van der Waals surface area contributed by atoms with Gasteiger partial charge in [-0.25, -0.2) is 4.84 Å². The van der Waals surface area contributed by atoms with Gasteiger partial charge in [0.25, 0.3) is 21.9 Å². The van der Waals surface area contributed by atoms with Crippen LogP contribution in [0.15, 0.2) is 54.6 Å². The number of hydroxylamine groups is 2. The van der Waals surface area contributed by atoms with Gasteiger partial charge in [-0.05, 0) is 35.6 Å². The lowest BCUT2D eigenvalue weighted by Gasteiger charge is -2.46. The standard InChI is InChI=1S/C26H34N2O8S/c1-18(2)24(36-37(5,31)32)23-26(30)28(35-17-33-3)25(29)22(15-19-9-7-6-8-10-19)27(23)16-20-11-13-21(34-4)14-12-20/h6-14,18,22-24H,15-17H2,1-5H3/t22-,23-,24+/m0/s1. The fraction of sp³-hybridized carbons (Fsp3) is 0.462. The Morgan fingerprint density at radius 2 is 1.57 bits per heavy atom. The van der Waals surface area contributed by atoms with Crippen molar-refractivity contribution in [2.45, 2.75) is 45.0 Å². The number of nitrogens with zero attached hydrogens (tertiary/aromatic N) is 2. The van der Waals surface area contributed by atoms with Crippen LogP contribution in [0.5, 0.6) is 5.75 Å². The lowest BCUT2D eigenvalue weighted by molar-refractivity contribution is -0.237. The molecular formula is C26H34N2O8S. The summed E-state index contributed by atoms with van der Waals surface area (Å²) >= 11 is 0. The fourth-order valence-corrected chi connectivity index (χ4v) is 5.06. The van der Waals surface area contributed by atoms with Gasteiger partial charge in [-0.2, -0.15) is 8.42 Å².